The van der Waals surface area contributed by atoms with E-state index in [1.54, 1.807) is 39.0 Å². The molecule has 3 saturated heterocycles. The zero-order valence-corrected chi connectivity index (χ0v) is 34.2. The number of halogens is 4. The van der Waals surface area contributed by atoms with E-state index >= 15 is 13.2 Å². The predicted molar refractivity (Wildman–Crippen MR) is 227 cm³/mol. The summed E-state index contributed by atoms with van der Waals surface area (Å²) in [5.41, 5.74) is 1.59. The lowest BCUT2D eigenvalue weighted by Crippen LogP contribution is -2.66. The smallest absolute Gasteiger partial charge is 0.411 e. The number of alkyl halides is 3. The fourth-order valence-electron chi connectivity index (χ4n) is 9.66. The monoisotopic (exact) mass is 814 g/mol. The number of hydrogen-bond acceptors (Lipinski definition) is 5. The number of ether oxygens (including phenoxy) is 1. The first kappa shape index (κ1) is 42.2. The number of benzene rings is 4. The van der Waals surface area contributed by atoms with Crippen LogP contribution in [-0.2, 0) is 4.74 Å². The van der Waals surface area contributed by atoms with E-state index in [1.807, 2.05) is 54.6 Å². The van der Waals surface area contributed by atoms with Crippen LogP contribution in [0, 0.1) is 5.41 Å². The zero-order chi connectivity index (χ0) is 40.3. The number of nitrogens with one attached hydrogen (secondary N) is 1. The van der Waals surface area contributed by atoms with E-state index in [0.29, 0.717) is 88.5 Å². The van der Waals surface area contributed by atoms with Gasteiger partial charge in [0.2, 0.25) is 0 Å². The highest BCUT2D eigenvalue weighted by Gasteiger charge is 2.60. The number of likely N-dealkylation sites (tertiary alicyclic amines) is 3. The molecule has 0 saturated carbocycles. The molecule has 0 aromatic heterocycles. The van der Waals surface area contributed by atoms with Gasteiger partial charge in [-0.3, -0.25) is 20.0 Å². The number of hydrogen-bond donors (Lipinski definition) is 1. The first-order chi connectivity index (χ1) is 28.3. The molecule has 6 unspecified atom stereocenters. The van der Waals surface area contributed by atoms with E-state index in [2.05, 4.69) is 41.7 Å². The summed E-state index contributed by atoms with van der Waals surface area (Å²) < 4.78 is 60.8. The highest BCUT2D eigenvalue weighted by Crippen LogP contribution is 2.46. The van der Waals surface area contributed by atoms with Gasteiger partial charge in [-0.25, -0.2) is 18.0 Å². The second kappa shape index (κ2) is 20.4. The van der Waals surface area contributed by atoms with E-state index < -0.39 is 37.0 Å². The number of carbonyl (C=O) groups is 1. The maximum Gasteiger partial charge on any atom is 0.411 e. The molecule has 4 aromatic carbocycles. The Morgan fingerprint density at radius 1 is 0.569 bits per heavy atom. The first-order valence-electron chi connectivity index (χ1n) is 21.3. The van der Waals surface area contributed by atoms with Crippen LogP contribution >= 0.6 is 11.6 Å². The van der Waals surface area contributed by atoms with E-state index in [-0.39, 0.29) is 17.8 Å². The van der Waals surface area contributed by atoms with Crippen molar-refractivity contribution in [3.63, 3.8) is 0 Å². The molecule has 6 atom stereocenters. The summed E-state index contributed by atoms with van der Waals surface area (Å²) in [5.74, 6) is 0.618. The molecule has 7 rings (SSSR count). The standard InChI is InChI=1S/C48H58ClF3N4O2/c49-42-22-24-43(25-23-42)53-47(57)58-35-48(44(50)54-29-10-19-39(26-32-54)36-13-4-1-5-14-36,45(51)55-30-11-20-40(27-33-55)37-15-6-2-7-16-37)46(52)56-31-12-21-41(28-34-56)38-17-8-3-9-18-38/h1-9,13-18,22-25,39-41,44-46H,10-12,19-21,26-35H2,(H,53,57). The molecule has 3 heterocycles. The topological polar surface area (TPSA) is 48.1 Å². The van der Waals surface area contributed by atoms with Crippen molar-refractivity contribution in [2.75, 3.05) is 51.2 Å². The quantitative estimate of drug-likeness (QED) is 0.144. The Morgan fingerprint density at radius 2 is 0.931 bits per heavy atom. The predicted octanol–water partition coefficient (Wildman–Crippen LogP) is 11.6. The van der Waals surface area contributed by atoms with Gasteiger partial charge in [0.15, 0.2) is 18.9 Å². The molecular formula is C48H58ClF3N4O2. The molecule has 1 N–H and O–H groups in total. The lowest BCUT2D eigenvalue weighted by molar-refractivity contribution is -0.210. The van der Waals surface area contributed by atoms with Crippen LogP contribution in [0.25, 0.3) is 0 Å². The van der Waals surface area contributed by atoms with Gasteiger partial charge in [0, 0.05) is 50.0 Å². The highest BCUT2D eigenvalue weighted by atomic mass is 35.5. The summed E-state index contributed by atoms with van der Waals surface area (Å²) in [5, 5.41) is 3.16. The second-order valence-electron chi connectivity index (χ2n) is 16.6. The lowest BCUT2D eigenvalue weighted by atomic mass is 9.81. The van der Waals surface area contributed by atoms with Crippen molar-refractivity contribution < 1.29 is 22.7 Å². The van der Waals surface area contributed by atoms with Gasteiger partial charge in [-0.1, -0.05) is 103 Å². The fourth-order valence-corrected chi connectivity index (χ4v) is 9.78. The third kappa shape index (κ3) is 10.3. The van der Waals surface area contributed by atoms with Crippen molar-refractivity contribution >= 4 is 23.4 Å². The molecule has 3 aliphatic rings. The maximum absolute atomic E-state index is 18.3. The number of nitrogens with zero attached hydrogens (tertiary/aromatic N) is 3. The van der Waals surface area contributed by atoms with Crippen molar-refractivity contribution in [2.24, 2.45) is 5.41 Å². The minimum absolute atomic E-state index is 0.206. The van der Waals surface area contributed by atoms with Crippen LogP contribution in [0.1, 0.15) is 92.2 Å². The van der Waals surface area contributed by atoms with Crippen molar-refractivity contribution in [2.45, 2.75) is 94.4 Å². The Labute approximate surface area is 347 Å². The minimum Gasteiger partial charge on any atom is -0.448 e. The average Bonchev–Trinajstić information content (AvgIpc) is 3.79. The summed E-state index contributed by atoms with van der Waals surface area (Å²) in [6, 6.07) is 37.1. The van der Waals surface area contributed by atoms with Gasteiger partial charge in [-0.05, 0) is 116 Å². The SMILES string of the molecule is O=C(Nc1ccc(Cl)cc1)OCC(C(F)N1CCCC(c2ccccc2)CC1)(C(F)N1CCCC(c2ccccc2)CC1)C(F)N1CCCC(c2ccccc2)CC1. The Hall–Kier alpha value is -3.89. The summed E-state index contributed by atoms with van der Waals surface area (Å²) in [4.78, 5) is 18.4. The number of amides is 1. The molecule has 0 bridgehead atoms. The van der Waals surface area contributed by atoms with E-state index in [1.165, 1.54) is 16.7 Å². The van der Waals surface area contributed by atoms with Gasteiger partial charge >= 0.3 is 6.09 Å². The number of rotatable bonds is 12. The number of carbonyl (C=O) groups excluding carboxylic acids is 1. The minimum atomic E-state index is -2.39. The van der Waals surface area contributed by atoms with Crippen molar-refractivity contribution in [1.29, 1.82) is 0 Å². The van der Waals surface area contributed by atoms with Gasteiger partial charge < -0.3 is 4.74 Å². The van der Waals surface area contributed by atoms with E-state index in [0.717, 1.165) is 19.3 Å². The van der Waals surface area contributed by atoms with Crippen LogP contribution in [0.5, 0.6) is 0 Å². The van der Waals surface area contributed by atoms with Crippen LogP contribution in [0.3, 0.4) is 0 Å². The third-order valence-corrected chi connectivity index (χ3v) is 13.2. The summed E-state index contributed by atoms with van der Waals surface area (Å²) in [7, 11) is 0. The van der Waals surface area contributed by atoms with Crippen molar-refractivity contribution in [3.05, 3.63) is 137 Å². The average molecular weight is 815 g/mol. The molecule has 1 amide bonds. The Balaban J connectivity index is 1.22. The van der Waals surface area contributed by atoms with Crippen LogP contribution in [-0.4, -0.2) is 85.6 Å². The molecule has 10 heteroatoms. The Bertz CT molecular complexity index is 1680. The third-order valence-electron chi connectivity index (χ3n) is 12.9. The maximum atomic E-state index is 18.3. The number of anilines is 1. The van der Waals surface area contributed by atoms with Gasteiger partial charge in [0.25, 0.3) is 0 Å². The molecule has 310 valence electrons. The summed E-state index contributed by atoms with van der Waals surface area (Å²) in [6.07, 6.45) is -0.656. The van der Waals surface area contributed by atoms with Crippen molar-refractivity contribution in [1.82, 2.24) is 14.7 Å². The van der Waals surface area contributed by atoms with E-state index in [9.17, 15) is 4.79 Å². The Kier molecular flexibility index (Phi) is 14.8. The van der Waals surface area contributed by atoms with Gasteiger partial charge in [0.05, 0.1) is 0 Å². The molecule has 3 fully saturated rings. The van der Waals surface area contributed by atoms with Crippen molar-refractivity contribution in [3.8, 4) is 0 Å². The van der Waals surface area contributed by atoms with E-state index in [4.69, 9.17) is 16.3 Å². The molecular weight excluding hydrogens is 757 g/mol. The molecule has 0 spiro atoms. The zero-order valence-electron chi connectivity index (χ0n) is 33.4. The first-order valence-corrected chi connectivity index (χ1v) is 21.7. The van der Waals surface area contributed by atoms with Crippen LogP contribution in [0.2, 0.25) is 5.02 Å². The van der Waals surface area contributed by atoms with Gasteiger partial charge in [0.1, 0.15) is 12.0 Å². The lowest BCUT2D eigenvalue weighted by Gasteiger charge is -2.49. The Morgan fingerprint density at radius 3 is 1.29 bits per heavy atom. The highest BCUT2D eigenvalue weighted by molar-refractivity contribution is 6.30. The van der Waals surface area contributed by atoms with Crippen LogP contribution in [0.4, 0.5) is 23.7 Å². The molecule has 0 aliphatic carbocycles. The second-order valence-corrected chi connectivity index (χ2v) is 17.0. The van der Waals surface area contributed by atoms with Crippen LogP contribution < -0.4 is 5.32 Å². The molecule has 4 aromatic rings. The normalized spacial score (nSPS) is 24.2. The van der Waals surface area contributed by atoms with Gasteiger partial charge in [-0.15, -0.1) is 0 Å². The summed E-state index contributed by atoms with van der Waals surface area (Å²) in [6.45, 7) is 1.21. The molecule has 58 heavy (non-hydrogen) atoms. The molecule has 3 aliphatic heterocycles. The fraction of sp³-hybridized carbons (Fsp3) is 0.479. The largest absolute Gasteiger partial charge is 0.448 e. The van der Waals surface area contributed by atoms with Crippen LogP contribution in [0.15, 0.2) is 115 Å². The van der Waals surface area contributed by atoms with Gasteiger partial charge in [-0.2, -0.15) is 0 Å². The molecule has 6 nitrogen and oxygen atoms in total. The molecule has 0 radical (unpaired) electrons. The summed E-state index contributed by atoms with van der Waals surface area (Å²) >= 11 is 6.08.